The number of rotatable bonds is 8. The first kappa shape index (κ1) is 14.6. The highest BCUT2D eigenvalue weighted by atomic mass is 15.0. The minimum Gasteiger partial charge on any atom is -0.330 e. The summed E-state index contributed by atoms with van der Waals surface area (Å²) in [5, 5.41) is 6.86. The Morgan fingerprint density at radius 2 is 2.29 bits per heavy atom. The second kappa shape index (κ2) is 8.64. The topological polar surface area (TPSA) is 76.1 Å². The van der Waals surface area contributed by atoms with Crippen LogP contribution in [-0.2, 0) is 0 Å². The summed E-state index contributed by atoms with van der Waals surface area (Å²) in [5.74, 6) is 0. The molecule has 0 aromatic heterocycles. The van der Waals surface area contributed by atoms with Gasteiger partial charge >= 0.3 is 0 Å². The van der Waals surface area contributed by atoms with Gasteiger partial charge in [0.15, 0.2) is 0 Å². The van der Waals surface area contributed by atoms with Crippen LogP contribution in [0.15, 0.2) is 11.6 Å². The van der Waals surface area contributed by atoms with Crippen LogP contribution in [0, 0.1) is 0 Å². The predicted octanol–water partition coefficient (Wildman–Crippen LogP) is 0.341. The molecule has 100 valence electrons. The van der Waals surface area contributed by atoms with Gasteiger partial charge in [0, 0.05) is 18.6 Å². The van der Waals surface area contributed by atoms with Crippen molar-refractivity contribution in [1.82, 2.24) is 10.6 Å². The lowest BCUT2D eigenvalue weighted by molar-refractivity contribution is 0.507. The number of hydrogen-bond donors (Lipinski definition) is 4. The third-order valence-electron chi connectivity index (χ3n) is 3.38. The third kappa shape index (κ3) is 5.64. The summed E-state index contributed by atoms with van der Waals surface area (Å²) in [7, 11) is 2.02. The summed E-state index contributed by atoms with van der Waals surface area (Å²) in [4.78, 5) is 0. The van der Waals surface area contributed by atoms with Crippen LogP contribution < -0.4 is 22.1 Å². The van der Waals surface area contributed by atoms with E-state index in [-0.39, 0.29) is 6.04 Å². The van der Waals surface area contributed by atoms with Crippen molar-refractivity contribution in [1.29, 1.82) is 0 Å². The van der Waals surface area contributed by atoms with Gasteiger partial charge in [-0.25, -0.2) is 0 Å². The minimum atomic E-state index is 0.256. The Balaban J connectivity index is 2.27. The monoisotopic (exact) mass is 240 g/mol. The van der Waals surface area contributed by atoms with E-state index in [1.165, 1.54) is 18.4 Å². The van der Waals surface area contributed by atoms with Gasteiger partial charge in [-0.15, -0.1) is 0 Å². The molecule has 1 aliphatic rings. The van der Waals surface area contributed by atoms with E-state index in [9.17, 15) is 0 Å². The van der Waals surface area contributed by atoms with Gasteiger partial charge in [0.1, 0.15) is 0 Å². The molecule has 4 nitrogen and oxygen atoms in total. The maximum absolute atomic E-state index is 5.97. The predicted molar refractivity (Wildman–Crippen MR) is 73.9 cm³/mol. The molecule has 1 unspecified atom stereocenters. The summed E-state index contributed by atoms with van der Waals surface area (Å²) >= 11 is 0. The number of likely N-dealkylation sites (N-methyl/N-ethyl adjacent to an activating group) is 1. The van der Waals surface area contributed by atoms with Crippen LogP contribution in [0.2, 0.25) is 0 Å². The summed E-state index contributed by atoms with van der Waals surface area (Å²) in [6.07, 6.45) is 8.04. The lowest BCUT2D eigenvalue weighted by Gasteiger charge is -2.25. The SMILES string of the molecule is CNC(CNCCCCN)C1=C[C@H](N)CCC1. The summed E-state index contributed by atoms with van der Waals surface area (Å²) in [6, 6.07) is 0.686. The molecular formula is C13H28N4. The van der Waals surface area contributed by atoms with Crippen LogP contribution in [0.25, 0.3) is 0 Å². The van der Waals surface area contributed by atoms with Crippen LogP contribution in [0.3, 0.4) is 0 Å². The van der Waals surface area contributed by atoms with E-state index < -0.39 is 0 Å². The van der Waals surface area contributed by atoms with E-state index >= 15 is 0 Å². The van der Waals surface area contributed by atoms with Gasteiger partial charge in [-0.1, -0.05) is 11.6 Å². The van der Waals surface area contributed by atoms with Crippen LogP contribution in [0.4, 0.5) is 0 Å². The zero-order valence-corrected chi connectivity index (χ0v) is 11.0. The highest BCUT2D eigenvalue weighted by molar-refractivity contribution is 5.17. The molecule has 0 radical (unpaired) electrons. The highest BCUT2D eigenvalue weighted by Gasteiger charge is 2.16. The molecule has 0 heterocycles. The van der Waals surface area contributed by atoms with Gasteiger partial charge in [-0.3, -0.25) is 0 Å². The van der Waals surface area contributed by atoms with Crippen molar-refractivity contribution >= 4 is 0 Å². The largest absolute Gasteiger partial charge is 0.330 e. The molecule has 2 atom stereocenters. The molecule has 17 heavy (non-hydrogen) atoms. The second-order valence-corrected chi connectivity index (χ2v) is 4.84. The second-order valence-electron chi connectivity index (χ2n) is 4.84. The van der Waals surface area contributed by atoms with Crippen LogP contribution in [0.5, 0.6) is 0 Å². The van der Waals surface area contributed by atoms with Crippen molar-refractivity contribution in [3.63, 3.8) is 0 Å². The quantitative estimate of drug-likeness (QED) is 0.364. The Hall–Kier alpha value is -0.420. The molecule has 0 bridgehead atoms. The Labute approximate surface area is 105 Å². The van der Waals surface area contributed by atoms with Crippen molar-refractivity contribution in [2.24, 2.45) is 11.5 Å². The molecule has 1 aliphatic carbocycles. The molecule has 0 saturated carbocycles. The molecule has 0 saturated heterocycles. The van der Waals surface area contributed by atoms with Crippen LogP contribution >= 0.6 is 0 Å². The van der Waals surface area contributed by atoms with E-state index in [0.29, 0.717) is 6.04 Å². The van der Waals surface area contributed by atoms with Crippen molar-refractivity contribution < 1.29 is 0 Å². The summed E-state index contributed by atoms with van der Waals surface area (Å²) in [6.45, 7) is 2.82. The van der Waals surface area contributed by atoms with Gasteiger partial charge in [0.25, 0.3) is 0 Å². The summed E-state index contributed by atoms with van der Waals surface area (Å²) < 4.78 is 0. The Bertz CT molecular complexity index is 227. The van der Waals surface area contributed by atoms with Crippen molar-refractivity contribution in [3.05, 3.63) is 11.6 Å². The van der Waals surface area contributed by atoms with E-state index in [1.54, 1.807) is 0 Å². The van der Waals surface area contributed by atoms with E-state index in [4.69, 9.17) is 11.5 Å². The standard InChI is InChI=1S/C13H28N4/c1-16-13(10-17-8-3-2-7-14)11-5-4-6-12(15)9-11/h9,12-13,16-17H,2-8,10,14-15H2,1H3/t12-,13?/m1/s1. The van der Waals surface area contributed by atoms with Crippen molar-refractivity contribution in [2.75, 3.05) is 26.7 Å². The zero-order chi connectivity index (χ0) is 12.5. The Morgan fingerprint density at radius 3 is 2.94 bits per heavy atom. The lowest BCUT2D eigenvalue weighted by atomic mass is 9.91. The molecular weight excluding hydrogens is 212 g/mol. The molecule has 0 amide bonds. The summed E-state index contributed by atoms with van der Waals surface area (Å²) in [5.41, 5.74) is 12.9. The van der Waals surface area contributed by atoms with Gasteiger partial charge in [-0.2, -0.15) is 0 Å². The fourth-order valence-corrected chi connectivity index (χ4v) is 2.33. The van der Waals surface area contributed by atoms with E-state index in [0.717, 1.165) is 38.9 Å². The molecule has 1 rings (SSSR count). The maximum Gasteiger partial charge on any atom is 0.0404 e. The Morgan fingerprint density at radius 1 is 1.47 bits per heavy atom. The maximum atomic E-state index is 5.97. The van der Waals surface area contributed by atoms with E-state index in [2.05, 4.69) is 16.7 Å². The molecule has 4 heteroatoms. The first-order valence-corrected chi connectivity index (χ1v) is 6.82. The lowest BCUT2D eigenvalue weighted by Crippen LogP contribution is -2.40. The average molecular weight is 240 g/mol. The first-order chi connectivity index (χ1) is 8.27. The van der Waals surface area contributed by atoms with Crippen molar-refractivity contribution in [3.8, 4) is 0 Å². The smallest absolute Gasteiger partial charge is 0.0404 e. The third-order valence-corrected chi connectivity index (χ3v) is 3.38. The number of hydrogen-bond acceptors (Lipinski definition) is 4. The van der Waals surface area contributed by atoms with Crippen molar-refractivity contribution in [2.45, 2.75) is 44.2 Å². The van der Waals surface area contributed by atoms with Gasteiger partial charge in [0.2, 0.25) is 0 Å². The number of unbranched alkanes of at least 4 members (excludes halogenated alkanes) is 1. The molecule has 6 N–H and O–H groups in total. The average Bonchev–Trinajstić information content (AvgIpc) is 2.34. The first-order valence-electron chi connectivity index (χ1n) is 6.82. The molecule has 0 aliphatic heterocycles. The molecule has 0 aromatic rings. The van der Waals surface area contributed by atoms with Crippen LogP contribution in [0.1, 0.15) is 32.1 Å². The number of nitrogens with two attached hydrogens (primary N) is 2. The van der Waals surface area contributed by atoms with Gasteiger partial charge < -0.3 is 22.1 Å². The normalized spacial score (nSPS) is 22.3. The Kier molecular flexibility index (Phi) is 7.44. The fourth-order valence-electron chi connectivity index (χ4n) is 2.33. The van der Waals surface area contributed by atoms with Gasteiger partial charge in [0.05, 0.1) is 0 Å². The van der Waals surface area contributed by atoms with Gasteiger partial charge in [-0.05, 0) is 52.2 Å². The zero-order valence-electron chi connectivity index (χ0n) is 11.0. The highest BCUT2D eigenvalue weighted by Crippen LogP contribution is 2.19. The minimum absolute atomic E-state index is 0.256. The number of nitrogens with one attached hydrogen (secondary N) is 2. The van der Waals surface area contributed by atoms with Crippen LogP contribution in [-0.4, -0.2) is 38.8 Å². The fraction of sp³-hybridized carbons (Fsp3) is 0.846. The molecule has 0 aromatic carbocycles. The molecule has 0 spiro atoms. The molecule has 0 fully saturated rings. The van der Waals surface area contributed by atoms with E-state index in [1.807, 2.05) is 7.05 Å².